The van der Waals surface area contributed by atoms with Crippen LogP contribution >= 0.6 is 0 Å². The molecule has 15 nitrogen and oxygen atoms in total. The van der Waals surface area contributed by atoms with Gasteiger partial charge in [0.1, 0.15) is 11.7 Å². The van der Waals surface area contributed by atoms with Crippen molar-refractivity contribution in [1.82, 2.24) is 4.90 Å². The maximum Gasteiger partial charge on any atom is 0.235 e. The number of carbonyl (C=O) groups excluding carboxylic acids is 5. The van der Waals surface area contributed by atoms with Gasteiger partial charge in [-0.2, -0.15) is 5.26 Å². The lowest BCUT2D eigenvalue weighted by Crippen LogP contribution is -2.92. The number of phenols is 1. The number of amides is 1. The van der Waals surface area contributed by atoms with Crippen molar-refractivity contribution in [2.75, 3.05) is 20.9 Å². The maximum atomic E-state index is 14.5. The summed E-state index contributed by atoms with van der Waals surface area (Å²) < 4.78 is 10.7. The number of ether oxygens (including phenoxy) is 2. The Morgan fingerprint density at radius 3 is 2.34 bits per heavy atom. The zero-order chi connectivity index (χ0) is 32.3. The standard InChI is InChI=1S/C29H28N6O9/c1-35(2)22-20(38)16(25(32)41)23(39)27(8-30)24(40)17-19(37)15-12(21(31)28(17,33)26(42)29(22,27)34)5-4-11(18(15)36)10-3-6-13-14(7-10)44-9-43-13/h3-7,16-17,21-22,26,36,42H,9,31,33-34H2,1-2H3,(H2,32,41)/t16?,17?,21-,22+,26-,27-,28+,29-/m0/s1. The Bertz CT molecular complexity index is 1770. The van der Waals surface area contributed by atoms with E-state index in [-0.39, 0.29) is 17.9 Å². The number of fused-ring (bicyclic) bond motifs is 4. The van der Waals surface area contributed by atoms with Crippen LogP contribution in [0.3, 0.4) is 0 Å². The van der Waals surface area contributed by atoms with Gasteiger partial charge in [-0.1, -0.05) is 18.2 Å². The van der Waals surface area contributed by atoms with E-state index in [1.807, 2.05) is 0 Å². The number of aliphatic hydroxyl groups is 1. The summed E-state index contributed by atoms with van der Waals surface area (Å²) in [6.07, 6.45) is -2.32. The van der Waals surface area contributed by atoms with Crippen LogP contribution in [0.4, 0.5) is 0 Å². The van der Waals surface area contributed by atoms with Gasteiger partial charge < -0.3 is 42.6 Å². The van der Waals surface area contributed by atoms with Gasteiger partial charge in [-0.25, -0.2) is 0 Å². The van der Waals surface area contributed by atoms with Crippen molar-refractivity contribution < 1.29 is 43.7 Å². The Labute approximate surface area is 249 Å². The zero-order valence-corrected chi connectivity index (χ0v) is 23.4. The summed E-state index contributed by atoms with van der Waals surface area (Å²) in [5.74, 6) is -11.0. The second kappa shape index (κ2) is 9.14. The molecule has 15 heteroatoms. The molecule has 2 aromatic carbocycles. The average Bonchev–Trinajstić information content (AvgIpc) is 3.43. The summed E-state index contributed by atoms with van der Waals surface area (Å²) in [6, 6.07) is 5.75. The highest BCUT2D eigenvalue weighted by molar-refractivity contribution is 6.33. The number of hydrogen-bond acceptors (Lipinski definition) is 14. The second-order valence-electron chi connectivity index (χ2n) is 11.8. The fraction of sp³-hybridized carbons (Fsp3) is 0.379. The molecule has 1 heterocycles. The fourth-order valence-electron chi connectivity index (χ4n) is 7.55. The van der Waals surface area contributed by atoms with Crippen LogP contribution in [0.25, 0.3) is 11.1 Å². The fourth-order valence-corrected chi connectivity index (χ4v) is 7.55. The quantitative estimate of drug-likeness (QED) is 0.200. The smallest absolute Gasteiger partial charge is 0.235 e. The number of likely N-dealkylation sites (N-methyl/N-ethyl adjacent to an activating group) is 1. The van der Waals surface area contributed by atoms with Crippen LogP contribution in [0.2, 0.25) is 0 Å². The van der Waals surface area contributed by atoms with Crippen molar-refractivity contribution in [2.24, 2.45) is 40.2 Å². The summed E-state index contributed by atoms with van der Waals surface area (Å²) >= 11 is 0. The van der Waals surface area contributed by atoms with E-state index in [4.69, 9.17) is 32.4 Å². The lowest BCUT2D eigenvalue weighted by molar-refractivity contribution is -0.181. The Morgan fingerprint density at radius 2 is 1.73 bits per heavy atom. The average molecular weight is 605 g/mol. The summed E-state index contributed by atoms with van der Waals surface area (Å²) in [7, 11) is 2.63. The van der Waals surface area contributed by atoms with Crippen LogP contribution < -0.4 is 32.4 Å². The van der Waals surface area contributed by atoms with E-state index in [1.54, 1.807) is 24.3 Å². The van der Waals surface area contributed by atoms with E-state index in [9.17, 15) is 39.4 Å². The molecule has 228 valence electrons. The van der Waals surface area contributed by atoms with E-state index in [2.05, 4.69) is 0 Å². The van der Waals surface area contributed by atoms with E-state index in [1.165, 1.54) is 26.2 Å². The molecule has 6 rings (SSSR count). The highest BCUT2D eigenvalue weighted by Crippen LogP contribution is 2.58. The molecule has 44 heavy (non-hydrogen) atoms. The molecule has 10 N–H and O–H groups in total. The van der Waals surface area contributed by atoms with Gasteiger partial charge in [0.25, 0.3) is 0 Å². The first-order valence-electron chi connectivity index (χ1n) is 13.4. The minimum Gasteiger partial charge on any atom is -0.507 e. The van der Waals surface area contributed by atoms with Crippen molar-refractivity contribution in [3.63, 3.8) is 0 Å². The van der Waals surface area contributed by atoms with Crippen molar-refractivity contribution in [1.29, 1.82) is 5.26 Å². The van der Waals surface area contributed by atoms with Gasteiger partial charge in [-0.3, -0.25) is 28.9 Å². The number of phenolic OH excluding ortho intramolecular Hbond substituents is 1. The predicted molar refractivity (Wildman–Crippen MR) is 147 cm³/mol. The van der Waals surface area contributed by atoms with Crippen molar-refractivity contribution in [3.8, 4) is 34.4 Å². The number of rotatable bonds is 3. The molecule has 2 saturated carbocycles. The van der Waals surface area contributed by atoms with Gasteiger partial charge in [0.15, 0.2) is 46.0 Å². The molecule has 2 aromatic rings. The highest BCUT2D eigenvalue weighted by atomic mass is 16.7. The van der Waals surface area contributed by atoms with E-state index in [0.29, 0.717) is 17.1 Å². The molecule has 0 saturated heterocycles. The van der Waals surface area contributed by atoms with Crippen LogP contribution in [-0.2, 0) is 19.2 Å². The predicted octanol–water partition coefficient (Wildman–Crippen LogP) is -2.37. The molecule has 1 aliphatic heterocycles. The number of hydrogen-bond donors (Lipinski definition) is 6. The molecule has 3 aliphatic carbocycles. The minimum absolute atomic E-state index is 0.00805. The summed E-state index contributed by atoms with van der Waals surface area (Å²) in [6.45, 7) is -0.00805. The molecule has 0 bridgehead atoms. The largest absolute Gasteiger partial charge is 0.507 e. The van der Waals surface area contributed by atoms with E-state index in [0.717, 1.165) is 4.90 Å². The summed E-state index contributed by atoms with van der Waals surface area (Å²) in [4.78, 5) is 69.7. The molecule has 0 spiro atoms. The molecule has 2 fully saturated rings. The summed E-state index contributed by atoms with van der Waals surface area (Å²) in [5, 5.41) is 33.9. The van der Waals surface area contributed by atoms with Crippen LogP contribution in [0.5, 0.6) is 17.2 Å². The number of Topliss-reactive ketones (excluding diaryl/α,β-unsaturated/α-hetero) is 4. The first-order chi connectivity index (χ1) is 20.6. The van der Waals surface area contributed by atoms with Crippen LogP contribution in [0.1, 0.15) is 22.0 Å². The number of nitriles is 1. The Kier molecular flexibility index (Phi) is 6.10. The number of ketones is 4. The topological polar surface area (TPSA) is 275 Å². The molecule has 1 amide bonds. The normalized spacial score (nSPS) is 35.5. The molecule has 4 aliphatic rings. The molecule has 8 atom stereocenters. The first kappa shape index (κ1) is 29.4. The number of nitrogens with two attached hydrogens (primary N) is 4. The van der Waals surface area contributed by atoms with Crippen molar-refractivity contribution >= 4 is 29.0 Å². The molecule has 0 radical (unpaired) electrons. The van der Waals surface area contributed by atoms with Gasteiger partial charge >= 0.3 is 0 Å². The third-order valence-corrected chi connectivity index (χ3v) is 9.59. The van der Waals surface area contributed by atoms with Crippen LogP contribution in [-0.4, -0.2) is 88.3 Å². The number of benzene rings is 2. The van der Waals surface area contributed by atoms with Gasteiger partial charge in [0.2, 0.25) is 12.7 Å². The minimum atomic E-state index is -3.14. The molecule has 0 aromatic heterocycles. The lowest BCUT2D eigenvalue weighted by Gasteiger charge is -2.64. The van der Waals surface area contributed by atoms with Gasteiger partial charge in [-0.05, 0) is 37.4 Å². The SMILES string of the molecule is CN(C)[C@@H]1C(=O)C(C(N)=O)C(=O)[C@@]2(C#N)C(=O)C3C(=O)c4c(ccc(-c5ccc6c(c5)OCO6)c4O)[C@H](N)[C@@]3(N)[C@H](O)[C@@]12N. The molecule has 2 unspecified atom stereocenters. The lowest BCUT2D eigenvalue weighted by atomic mass is 9.41. The maximum absolute atomic E-state index is 14.5. The van der Waals surface area contributed by atoms with Gasteiger partial charge in [-0.15, -0.1) is 0 Å². The number of primary amides is 1. The van der Waals surface area contributed by atoms with Crippen LogP contribution in [0, 0.1) is 28.6 Å². The highest BCUT2D eigenvalue weighted by Gasteiger charge is 2.83. The number of aliphatic hydroxyl groups excluding tert-OH is 1. The van der Waals surface area contributed by atoms with Crippen molar-refractivity contribution in [3.05, 3.63) is 41.5 Å². The first-order valence-corrected chi connectivity index (χ1v) is 13.4. The monoisotopic (exact) mass is 604 g/mol. The van der Waals surface area contributed by atoms with E-state index >= 15 is 0 Å². The molecular weight excluding hydrogens is 576 g/mol. The number of carbonyl (C=O) groups is 5. The van der Waals surface area contributed by atoms with Gasteiger partial charge in [0, 0.05) is 5.56 Å². The van der Waals surface area contributed by atoms with Gasteiger partial charge in [0.05, 0.1) is 40.9 Å². The Hall–Kier alpha value is -4.72. The number of aromatic hydroxyl groups is 1. The third-order valence-electron chi connectivity index (χ3n) is 9.59. The Balaban J connectivity index is 1.60. The Morgan fingerprint density at radius 1 is 1.07 bits per heavy atom. The van der Waals surface area contributed by atoms with Crippen molar-refractivity contribution in [2.45, 2.75) is 29.3 Å². The second-order valence-corrected chi connectivity index (χ2v) is 11.8. The third kappa shape index (κ3) is 3.13. The molecular formula is C29H28N6O9. The summed E-state index contributed by atoms with van der Waals surface area (Å²) in [5.41, 5.74) is 17.0. The van der Waals surface area contributed by atoms with E-state index < -0.39 is 86.9 Å². The van der Waals surface area contributed by atoms with Crippen LogP contribution in [0.15, 0.2) is 30.3 Å². The number of nitrogens with zero attached hydrogens (tertiary/aromatic N) is 2. The zero-order valence-electron chi connectivity index (χ0n) is 23.4.